The van der Waals surface area contributed by atoms with Crippen LogP contribution in [0.4, 0.5) is 10.1 Å². The Kier molecular flexibility index (Phi) is 5.30. The van der Waals surface area contributed by atoms with E-state index >= 15 is 0 Å². The second kappa shape index (κ2) is 7.64. The molecule has 2 unspecified atom stereocenters. The molecule has 1 aromatic heterocycles. The number of carbonyl (C=O) groups is 2. The number of carbonyl (C=O) groups excluding carboxylic acids is 2. The number of amides is 2. The van der Waals surface area contributed by atoms with Crippen LogP contribution in [0.2, 0.25) is 0 Å². The minimum absolute atomic E-state index is 0.289. The van der Waals surface area contributed by atoms with Gasteiger partial charge in [0.15, 0.2) is 0 Å². The zero-order valence-corrected chi connectivity index (χ0v) is 14.9. The molecule has 3 rings (SSSR count). The molecule has 0 saturated carbocycles. The third kappa shape index (κ3) is 4.07. The van der Waals surface area contributed by atoms with Gasteiger partial charge in [-0.3, -0.25) is 14.6 Å². The van der Waals surface area contributed by atoms with E-state index in [9.17, 15) is 14.0 Å². The molecule has 1 N–H and O–H groups in total. The average molecular weight is 355 g/mol. The van der Waals surface area contributed by atoms with E-state index < -0.39 is 11.8 Å². The number of nitrogens with zero attached hydrogens (tertiary/aromatic N) is 2. The fraction of sp³-hybridized carbons (Fsp3) is 0.350. The Morgan fingerprint density at radius 2 is 2.04 bits per heavy atom. The van der Waals surface area contributed by atoms with Crippen molar-refractivity contribution in [3.05, 3.63) is 59.7 Å². The Morgan fingerprint density at radius 1 is 1.23 bits per heavy atom. The second-order valence-corrected chi connectivity index (χ2v) is 6.92. The largest absolute Gasteiger partial charge is 0.327 e. The fourth-order valence-electron chi connectivity index (χ4n) is 3.38. The van der Waals surface area contributed by atoms with Crippen molar-refractivity contribution < 1.29 is 14.0 Å². The molecule has 5 nitrogen and oxygen atoms in total. The van der Waals surface area contributed by atoms with E-state index in [1.165, 1.54) is 18.3 Å². The predicted molar refractivity (Wildman–Crippen MR) is 96.9 cm³/mol. The molecule has 1 fully saturated rings. The van der Waals surface area contributed by atoms with Gasteiger partial charge in [-0.2, -0.15) is 0 Å². The molecule has 2 aromatic rings. The van der Waals surface area contributed by atoms with Crippen molar-refractivity contribution in [1.29, 1.82) is 0 Å². The smallest absolute Gasteiger partial charge is 0.313 e. The number of aromatic nitrogens is 1. The number of aryl methyl sites for hydroxylation is 1. The molecule has 0 aliphatic carbocycles. The van der Waals surface area contributed by atoms with Gasteiger partial charge in [0, 0.05) is 12.7 Å². The molecule has 2 atom stereocenters. The second-order valence-electron chi connectivity index (χ2n) is 6.92. The van der Waals surface area contributed by atoms with Gasteiger partial charge in [-0.1, -0.05) is 19.1 Å². The maximum atomic E-state index is 13.6. The summed E-state index contributed by atoms with van der Waals surface area (Å²) in [6.45, 7) is 4.38. The summed E-state index contributed by atoms with van der Waals surface area (Å²) in [7, 11) is 0. The molecule has 0 spiro atoms. The van der Waals surface area contributed by atoms with Crippen LogP contribution >= 0.6 is 0 Å². The first-order chi connectivity index (χ1) is 12.4. The molecule has 26 heavy (non-hydrogen) atoms. The standard InChI is InChI=1S/C20H22FN3O2/c1-13-6-7-18(15-4-3-5-16(21)9-15)24(12-13)20(26)19(25)23-17-8-14(2)10-22-11-17/h3-5,8-11,13,18H,6-7,12H2,1-2H3,(H,23,25). The number of piperidine rings is 1. The quantitative estimate of drug-likeness (QED) is 0.839. The molecule has 136 valence electrons. The van der Waals surface area contributed by atoms with E-state index in [1.54, 1.807) is 29.3 Å². The van der Waals surface area contributed by atoms with Crippen LogP contribution in [-0.2, 0) is 9.59 Å². The molecular formula is C20H22FN3O2. The number of hydrogen-bond donors (Lipinski definition) is 1. The van der Waals surface area contributed by atoms with Crippen molar-refractivity contribution in [2.45, 2.75) is 32.7 Å². The minimum Gasteiger partial charge on any atom is -0.327 e. The lowest BCUT2D eigenvalue weighted by Crippen LogP contribution is -2.46. The zero-order chi connectivity index (χ0) is 18.7. The molecule has 2 amide bonds. The number of rotatable bonds is 2. The zero-order valence-electron chi connectivity index (χ0n) is 14.9. The highest BCUT2D eigenvalue weighted by atomic mass is 19.1. The van der Waals surface area contributed by atoms with Crippen molar-refractivity contribution in [2.75, 3.05) is 11.9 Å². The predicted octanol–water partition coefficient (Wildman–Crippen LogP) is 3.47. The number of pyridine rings is 1. The number of hydrogen-bond acceptors (Lipinski definition) is 3. The Hall–Kier alpha value is -2.76. The fourth-order valence-corrected chi connectivity index (χ4v) is 3.38. The number of likely N-dealkylation sites (tertiary alicyclic amines) is 1. The Balaban J connectivity index is 1.80. The number of nitrogens with one attached hydrogen (secondary N) is 1. The molecule has 6 heteroatoms. The van der Waals surface area contributed by atoms with Crippen LogP contribution in [0.15, 0.2) is 42.7 Å². The maximum absolute atomic E-state index is 13.6. The van der Waals surface area contributed by atoms with Crippen LogP contribution < -0.4 is 5.32 Å². The summed E-state index contributed by atoms with van der Waals surface area (Å²) in [5.74, 6) is -1.36. The Bertz CT molecular complexity index is 824. The summed E-state index contributed by atoms with van der Waals surface area (Å²) >= 11 is 0. The van der Waals surface area contributed by atoms with Gasteiger partial charge in [0.1, 0.15) is 5.82 Å². The summed E-state index contributed by atoms with van der Waals surface area (Å²) in [5, 5.41) is 2.61. The first kappa shape index (κ1) is 18.0. The Morgan fingerprint density at radius 3 is 2.77 bits per heavy atom. The SMILES string of the molecule is Cc1cncc(NC(=O)C(=O)N2CC(C)CCC2c2cccc(F)c2)c1. The van der Waals surface area contributed by atoms with Crippen LogP contribution in [-0.4, -0.2) is 28.2 Å². The molecule has 2 heterocycles. The lowest BCUT2D eigenvalue weighted by Gasteiger charge is -2.38. The van der Waals surface area contributed by atoms with Gasteiger partial charge in [0.25, 0.3) is 0 Å². The summed E-state index contributed by atoms with van der Waals surface area (Å²) in [6.07, 6.45) is 4.80. The summed E-state index contributed by atoms with van der Waals surface area (Å²) in [6, 6.07) is 7.69. The molecule has 1 aromatic carbocycles. The normalized spacial score (nSPS) is 19.9. The topological polar surface area (TPSA) is 62.3 Å². The van der Waals surface area contributed by atoms with Gasteiger partial charge in [-0.25, -0.2) is 4.39 Å². The van der Waals surface area contributed by atoms with Crippen LogP contribution in [0.5, 0.6) is 0 Å². The third-order valence-electron chi connectivity index (χ3n) is 4.64. The van der Waals surface area contributed by atoms with Gasteiger partial charge in [0.2, 0.25) is 0 Å². The van der Waals surface area contributed by atoms with E-state index in [0.29, 0.717) is 18.7 Å². The first-order valence-corrected chi connectivity index (χ1v) is 8.73. The van der Waals surface area contributed by atoms with Crippen molar-refractivity contribution in [3.63, 3.8) is 0 Å². The highest BCUT2D eigenvalue weighted by Gasteiger charge is 2.34. The van der Waals surface area contributed by atoms with Gasteiger partial charge in [-0.15, -0.1) is 0 Å². The number of halogens is 1. The molecule has 1 aliphatic heterocycles. The van der Waals surface area contributed by atoms with Crippen LogP contribution in [0, 0.1) is 18.7 Å². The third-order valence-corrected chi connectivity index (χ3v) is 4.64. The van der Waals surface area contributed by atoms with Crippen molar-refractivity contribution >= 4 is 17.5 Å². The van der Waals surface area contributed by atoms with Crippen LogP contribution in [0.25, 0.3) is 0 Å². The molecule has 1 aliphatic rings. The molecule has 0 radical (unpaired) electrons. The van der Waals surface area contributed by atoms with E-state index in [0.717, 1.165) is 17.5 Å². The van der Waals surface area contributed by atoms with E-state index in [1.807, 2.05) is 13.8 Å². The van der Waals surface area contributed by atoms with Crippen LogP contribution in [0.3, 0.4) is 0 Å². The van der Waals surface area contributed by atoms with E-state index in [-0.39, 0.29) is 17.8 Å². The molecule has 0 bridgehead atoms. The molecular weight excluding hydrogens is 333 g/mol. The van der Waals surface area contributed by atoms with Crippen LogP contribution in [0.1, 0.15) is 36.9 Å². The van der Waals surface area contributed by atoms with E-state index in [4.69, 9.17) is 0 Å². The summed E-state index contributed by atoms with van der Waals surface area (Å²) in [4.78, 5) is 30.8. The number of benzene rings is 1. The minimum atomic E-state index is -0.701. The maximum Gasteiger partial charge on any atom is 0.313 e. The van der Waals surface area contributed by atoms with Gasteiger partial charge < -0.3 is 10.2 Å². The van der Waals surface area contributed by atoms with Gasteiger partial charge in [0.05, 0.1) is 17.9 Å². The highest BCUT2D eigenvalue weighted by Crippen LogP contribution is 2.33. The average Bonchev–Trinajstić information content (AvgIpc) is 2.61. The van der Waals surface area contributed by atoms with Gasteiger partial charge in [-0.05, 0) is 55.0 Å². The molecule has 1 saturated heterocycles. The summed E-state index contributed by atoms with van der Waals surface area (Å²) < 4.78 is 13.6. The van der Waals surface area contributed by atoms with E-state index in [2.05, 4.69) is 10.3 Å². The highest BCUT2D eigenvalue weighted by molar-refractivity contribution is 6.39. The Labute approximate surface area is 152 Å². The van der Waals surface area contributed by atoms with Gasteiger partial charge >= 0.3 is 11.8 Å². The van der Waals surface area contributed by atoms with Crippen molar-refractivity contribution in [2.24, 2.45) is 5.92 Å². The first-order valence-electron chi connectivity index (χ1n) is 8.73. The van der Waals surface area contributed by atoms with Crippen molar-refractivity contribution in [1.82, 2.24) is 9.88 Å². The lowest BCUT2D eigenvalue weighted by molar-refractivity contribution is -0.146. The summed E-state index contributed by atoms with van der Waals surface area (Å²) in [5.41, 5.74) is 2.09. The number of anilines is 1. The lowest BCUT2D eigenvalue weighted by atomic mass is 9.89. The van der Waals surface area contributed by atoms with Crippen molar-refractivity contribution in [3.8, 4) is 0 Å². The monoisotopic (exact) mass is 355 g/mol.